The van der Waals surface area contributed by atoms with Gasteiger partial charge in [-0.05, 0) is 31.5 Å². The van der Waals surface area contributed by atoms with Crippen LogP contribution in [0.25, 0.3) is 11.1 Å². The zero-order chi connectivity index (χ0) is 18.9. The molecule has 26 heavy (non-hydrogen) atoms. The van der Waals surface area contributed by atoms with Crippen LogP contribution >= 0.6 is 0 Å². The topological polar surface area (TPSA) is 83.7 Å². The van der Waals surface area contributed by atoms with E-state index in [2.05, 4.69) is 4.98 Å². The summed E-state index contributed by atoms with van der Waals surface area (Å²) in [6, 6.07) is 9.61. The SMILES string of the molecule is CC(C)Oc1ccc(-c2ccc3c(c2)OCC(C)(C)C3OC(N)=O)cn1. The van der Waals surface area contributed by atoms with Crippen LogP contribution in [0.5, 0.6) is 11.6 Å². The van der Waals surface area contributed by atoms with E-state index in [-0.39, 0.29) is 11.5 Å². The highest BCUT2D eigenvalue weighted by Crippen LogP contribution is 2.46. The highest BCUT2D eigenvalue weighted by atomic mass is 16.6. The molecule has 0 bridgehead atoms. The van der Waals surface area contributed by atoms with Gasteiger partial charge >= 0.3 is 6.09 Å². The van der Waals surface area contributed by atoms with Crippen molar-refractivity contribution in [1.82, 2.24) is 4.98 Å². The standard InChI is InChI=1S/C20H24N2O4/c1-12(2)25-17-8-6-14(10-22-17)13-5-7-15-16(9-13)24-11-20(3,4)18(15)26-19(21)23/h5-10,12,18H,11H2,1-4H3,(H2,21,23). The van der Waals surface area contributed by atoms with Gasteiger partial charge in [0.15, 0.2) is 0 Å². The lowest BCUT2D eigenvalue weighted by Gasteiger charge is -2.38. The van der Waals surface area contributed by atoms with Gasteiger partial charge < -0.3 is 19.9 Å². The molecular formula is C20H24N2O4. The molecule has 138 valence electrons. The number of rotatable bonds is 4. The Kier molecular flexibility index (Phi) is 4.76. The molecule has 1 aliphatic heterocycles. The fourth-order valence-electron chi connectivity index (χ4n) is 3.02. The van der Waals surface area contributed by atoms with E-state index in [1.807, 2.05) is 58.0 Å². The van der Waals surface area contributed by atoms with Crippen LogP contribution in [-0.2, 0) is 4.74 Å². The highest BCUT2D eigenvalue weighted by Gasteiger charge is 2.40. The van der Waals surface area contributed by atoms with Crippen molar-refractivity contribution >= 4 is 6.09 Å². The fourth-order valence-corrected chi connectivity index (χ4v) is 3.02. The van der Waals surface area contributed by atoms with E-state index in [1.54, 1.807) is 6.20 Å². The number of benzene rings is 1. The fraction of sp³-hybridized carbons (Fsp3) is 0.400. The van der Waals surface area contributed by atoms with E-state index in [9.17, 15) is 4.79 Å². The number of amides is 1. The largest absolute Gasteiger partial charge is 0.492 e. The van der Waals surface area contributed by atoms with Crippen molar-refractivity contribution < 1.29 is 19.0 Å². The molecule has 1 unspecified atom stereocenters. The number of fused-ring (bicyclic) bond motifs is 1. The normalized spacial score (nSPS) is 18.0. The van der Waals surface area contributed by atoms with E-state index in [0.717, 1.165) is 16.7 Å². The maximum Gasteiger partial charge on any atom is 0.405 e. The first-order chi connectivity index (χ1) is 12.3. The Hall–Kier alpha value is -2.76. The molecule has 1 atom stereocenters. The third kappa shape index (κ3) is 3.74. The van der Waals surface area contributed by atoms with Gasteiger partial charge in [0.25, 0.3) is 0 Å². The van der Waals surface area contributed by atoms with Crippen molar-refractivity contribution in [2.24, 2.45) is 11.1 Å². The number of hydrogen-bond acceptors (Lipinski definition) is 5. The Morgan fingerprint density at radius 2 is 2.00 bits per heavy atom. The van der Waals surface area contributed by atoms with E-state index in [0.29, 0.717) is 18.2 Å². The molecule has 0 aliphatic carbocycles. The minimum absolute atomic E-state index is 0.0797. The molecule has 6 nitrogen and oxygen atoms in total. The van der Waals surface area contributed by atoms with Gasteiger partial charge in [0.1, 0.15) is 11.9 Å². The smallest absolute Gasteiger partial charge is 0.405 e. The lowest BCUT2D eigenvalue weighted by molar-refractivity contribution is -0.0176. The zero-order valence-corrected chi connectivity index (χ0v) is 15.5. The number of primary amides is 1. The minimum atomic E-state index is -0.787. The van der Waals surface area contributed by atoms with Gasteiger partial charge in [-0.3, -0.25) is 0 Å². The summed E-state index contributed by atoms with van der Waals surface area (Å²) in [6.07, 6.45) is 0.613. The van der Waals surface area contributed by atoms with Gasteiger partial charge in [0.2, 0.25) is 5.88 Å². The summed E-state index contributed by atoms with van der Waals surface area (Å²) in [5, 5.41) is 0. The lowest BCUT2D eigenvalue weighted by atomic mass is 9.80. The molecule has 0 fully saturated rings. The molecule has 2 N–H and O–H groups in total. The molecule has 0 saturated carbocycles. The Balaban J connectivity index is 1.90. The first-order valence-corrected chi connectivity index (χ1v) is 8.62. The second kappa shape index (κ2) is 6.86. The molecule has 1 aromatic heterocycles. The van der Waals surface area contributed by atoms with Crippen LogP contribution in [0.1, 0.15) is 39.4 Å². The number of carbonyl (C=O) groups excluding carboxylic acids is 1. The summed E-state index contributed by atoms with van der Waals surface area (Å²) in [4.78, 5) is 15.6. The van der Waals surface area contributed by atoms with Crippen LogP contribution < -0.4 is 15.2 Å². The molecule has 1 aliphatic rings. The molecule has 0 saturated heterocycles. The predicted octanol–water partition coefficient (Wildman–Crippen LogP) is 4.09. The highest BCUT2D eigenvalue weighted by molar-refractivity contribution is 5.68. The summed E-state index contributed by atoms with van der Waals surface area (Å²) < 4.78 is 16.8. The molecule has 0 spiro atoms. The van der Waals surface area contributed by atoms with Crippen molar-refractivity contribution in [3.8, 4) is 22.8 Å². The first kappa shape index (κ1) is 18.0. The number of aromatic nitrogens is 1. The van der Waals surface area contributed by atoms with Crippen molar-refractivity contribution in [2.45, 2.75) is 39.9 Å². The third-order valence-electron chi connectivity index (χ3n) is 4.27. The summed E-state index contributed by atoms with van der Waals surface area (Å²) in [7, 11) is 0. The van der Waals surface area contributed by atoms with Crippen LogP contribution in [0.3, 0.4) is 0 Å². The molecule has 1 aromatic carbocycles. The monoisotopic (exact) mass is 356 g/mol. The summed E-state index contributed by atoms with van der Waals surface area (Å²) in [6.45, 7) is 8.31. The van der Waals surface area contributed by atoms with Crippen molar-refractivity contribution in [1.29, 1.82) is 0 Å². The zero-order valence-electron chi connectivity index (χ0n) is 15.5. The second-order valence-electron chi connectivity index (χ2n) is 7.40. The average molecular weight is 356 g/mol. The van der Waals surface area contributed by atoms with Crippen LogP contribution in [-0.4, -0.2) is 23.8 Å². The van der Waals surface area contributed by atoms with Gasteiger partial charge in [0, 0.05) is 28.8 Å². The van der Waals surface area contributed by atoms with Crippen molar-refractivity contribution in [2.75, 3.05) is 6.61 Å². The van der Waals surface area contributed by atoms with Crippen molar-refractivity contribution in [3.63, 3.8) is 0 Å². The predicted molar refractivity (Wildman–Crippen MR) is 98.1 cm³/mol. The van der Waals surface area contributed by atoms with Crippen LogP contribution in [0.4, 0.5) is 4.79 Å². The Bertz CT molecular complexity index is 800. The number of hydrogen-bond donors (Lipinski definition) is 1. The summed E-state index contributed by atoms with van der Waals surface area (Å²) in [5.41, 5.74) is 7.62. The second-order valence-corrected chi connectivity index (χ2v) is 7.40. The van der Waals surface area contributed by atoms with Crippen LogP contribution in [0.2, 0.25) is 0 Å². The van der Waals surface area contributed by atoms with E-state index >= 15 is 0 Å². The Morgan fingerprint density at radius 3 is 2.62 bits per heavy atom. The molecule has 1 amide bonds. The molecule has 6 heteroatoms. The quantitative estimate of drug-likeness (QED) is 0.892. The van der Waals surface area contributed by atoms with Gasteiger partial charge in [-0.25, -0.2) is 9.78 Å². The van der Waals surface area contributed by atoms with Crippen LogP contribution in [0, 0.1) is 5.41 Å². The Labute approximate surface area is 153 Å². The maximum absolute atomic E-state index is 11.3. The summed E-state index contributed by atoms with van der Waals surface area (Å²) >= 11 is 0. The van der Waals surface area contributed by atoms with Gasteiger partial charge in [0.05, 0.1) is 12.7 Å². The number of carbonyl (C=O) groups is 1. The van der Waals surface area contributed by atoms with Gasteiger partial charge in [-0.15, -0.1) is 0 Å². The molecular weight excluding hydrogens is 332 g/mol. The lowest BCUT2D eigenvalue weighted by Crippen LogP contribution is -2.37. The third-order valence-corrected chi connectivity index (χ3v) is 4.27. The number of nitrogens with zero attached hydrogens (tertiary/aromatic N) is 1. The van der Waals surface area contributed by atoms with Crippen LogP contribution in [0.15, 0.2) is 36.5 Å². The summed E-state index contributed by atoms with van der Waals surface area (Å²) in [5.74, 6) is 1.28. The minimum Gasteiger partial charge on any atom is -0.492 e. The number of pyridine rings is 1. The molecule has 0 radical (unpaired) electrons. The van der Waals surface area contributed by atoms with Crippen molar-refractivity contribution in [3.05, 3.63) is 42.1 Å². The van der Waals surface area contributed by atoms with E-state index in [1.165, 1.54) is 0 Å². The molecule has 2 heterocycles. The van der Waals surface area contributed by atoms with E-state index < -0.39 is 12.2 Å². The molecule has 2 aromatic rings. The van der Waals surface area contributed by atoms with Gasteiger partial charge in [-0.1, -0.05) is 26.0 Å². The Morgan fingerprint density at radius 1 is 1.27 bits per heavy atom. The first-order valence-electron chi connectivity index (χ1n) is 8.62. The van der Waals surface area contributed by atoms with Gasteiger partial charge in [-0.2, -0.15) is 0 Å². The molecule has 3 rings (SSSR count). The average Bonchev–Trinajstić information content (AvgIpc) is 2.57. The number of nitrogens with two attached hydrogens (primary N) is 1. The number of ether oxygens (including phenoxy) is 3. The maximum atomic E-state index is 11.3. The van der Waals surface area contributed by atoms with E-state index in [4.69, 9.17) is 19.9 Å².